The monoisotopic (exact) mass is 413 g/mol. The lowest BCUT2D eigenvalue weighted by atomic mass is 10.0. The van der Waals surface area contributed by atoms with E-state index in [1.54, 1.807) is 6.92 Å². The fourth-order valence-electron chi connectivity index (χ4n) is 3.19. The van der Waals surface area contributed by atoms with Crippen LogP contribution in [0.4, 0.5) is 5.13 Å². The van der Waals surface area contributed by atoms with Gasteiger partial charge in [-0.1, -0.05) is 96.3 Å². The van der Waals surface area contributed by atoms with Crippen molar-refractivity contribution < 1.29 is 4.79 Å². The number of nitrogens with one attached hydrogen (secondary N) is 1. The molecule has 1 aromatic heterocycles. The minimum atomic E-state index is -0.588. The molecule has 0 saturated carbocycles. The first-order chi connectivity index (χ1) is 14.6. The fourth-order valence-corrected chi connectivity index (χ4v) is 4.18. The zero-order chi connectivity index (χ0) is 20.9. The summed E-state index contributed by atoms with van der Waals surface area (Å²) in [6, 6.07) is 28.4. The van der Waals surface area contributed by atoms with Crippen LogP contribution in [0.2, 0.25) is 0 Å². The highest BCUT2D eigenvalue weighted by molar-refractivity contribution is 7.19. The molecule has 150 valence electrons. The number of carbonyl (C=O) groups is 1. The van der Waals surface area contributed by atoms with Gasteiger partial charge in [0.1, 0.15) is 0 Å². The largest absolute Gasteiger partial charge is 0.320 e. The van der Waals surface area contributed by atoms with Crippen LogP contribution < -0.4 is 11.1 Å². The van der Waals surface area contributed by atoms with Crippen LogP contribution in [0.25, 0.3) is 21.7 Å². The first-order valence-electron chi connectivity index (χ1n) is 9.86. The Morgan fingerprint density at radius 3 is 2.13 bits per heavy atom. The van der Waals surface area contributed by atoms with Crippen molar-refractivity contribution >= 4 is 22.4 Å². The molecule has 0 aliphatic rings. The molecule has 3 aromatic carbocycles. The lowest BCUT2D eigenvalue weighted by molar-refractivity contribution is -0.117. The molecule has 1 amide bonds. The second-order valence-corrected chi connectivity index (χ2v) is 8.20. The maximum Gasteiger partial charge on any atom is 0.242 e. The minimum Gasteiger partial charge on any atom is -0.320 e. The van der Waals surface area contributed by atoms with Crippen LogP contribution in [0, 0.1) is 0 Å². The van der Waals surface area contributed by atoms with Crippen LogP contribution in [-0.2, 0) is 11.2 Å². The van der Waals surface area contributed by atoms with Crippen molar-refractivity contribution in [2.45, 2.75) is 19.4 Å². The number of aromatic nitrogens is 1. The van der Waals surface area contributed by atoms with E-state index in [1.165, 1.54) is 22.5 Å². The van der Waals surface area contributed by atoms with E-state index in [1.807, 2.05) is 24.3 Å². The highest BCUT2D eigenvalue weighted by atomic mass is 32.1. The van der Waals surface area contributed by atoms with Gasteiger partial charge in [0.25, 0.3) is 0 Å². The number of thiazole rings is 1. The summed E-state index contributed by atoms with van der Waals surface area (Å²) in [6.07, 6.45) is 0.888. The molecule has 0 saturated heterocycles. The molecule has 0 aliphatic heterocycles. The minimum absolute atomic E-state index is 0.242. The summed E-state index contributed by atoms with van der Waals surface area (Å²) in [5, 5.41) is 3.38. The van der Waals surface area contributed by atoms with E-state index < -0.39 is 6.04 Å². The Labute approximate surface area is 180 Å². The molecule has 4 rings (SSSR count). The van der Waals surface area contributed by atoms with Gasteiger partial charge in [-0.25, -0.2) is 4.98 Å². The van der Waals surface area contributed by atoms with Crippen LogP contribution >= 0.6 is 11.3 Å². The van der Waals surface area contributed by atoms with Gasteiger partial charge < -0.3 is 11.1 Å². The second-order valence-electron chi connectivity index (χ2n) is 7.20. The third kappa shape index (κ3) is 4.64. The lowest BCUT2D eigenvalue weighted by Gasteiger charge is -2.06. The van der Waals surface area contributed by atoms with E-state index in [0.29, 0.717) is 5.13 Å². The topological polar surface area (TPSA) is 68.0 Å². The van der Waals surface area contributed by atoms with Gasteiger partial charge in [0.15, 0.2) is 5.13 Å². The Morgan fingerprint density at radius 1 is 0.900 bits per heavy atom. The molecule has 5 heteroatoms. The Kier molecular flexibility index (Phi) is 6.02. The van der Waals surface area contributed by atoms with Gasteiger partial charge in [-0.15, -0.1) is 0 Å². The van der Waals surface area contributed by atoms with Crippen molar-refractivity contribution in [1.82, 2.24) is 4.98 Å². The highest BCUT2D eigenvalue weighted by Gasteiger charge is 2.17. The number of benzene rings is 3. The lowest BCUT2D eigenvalue weighted by Crippen LogP contribution is -2.32. The van der Waals surface area contributed by atoms with Crippen LogP contribution in [0.15, 0.2) is 84.9 Å². The molecule has 1 heterocycles. The number of nitrogens with two attached hydrogens (primary N) is 1. The predicted octanol–water partition coefficient (Wildman–Crippen LogP) is 5.35. The smallest absolute Gasteiger partial charge is 0.242 e. The molecule has 3 N–H and O–H groups in total. The van der Waals surface area contributed by atoms with Crippen molar-refractivity contribution in [2.24, 2.45) is 5.73 Å². The third-order valence-electron chi connectivity index (χ3n) is 4.79. The van der Waals surface area contributed by atoms with E-state index in [4.69, 9.17) is 10.7 Å². The summed E-state index contributed by atoms with van der Waals surface area (Å²) in [5.74, 6) is -0.242. The van der Waals surface area contributed by atoms with Crippen LogP contribution in [0.1, 0.15) is 18.1 Å². The molecular weight excluding hydrogens is 390 g/mol. The van der Waals surface area contributed by atoms with Crippen LogP contribution in [0.5, 0.6) is 0 Å². The number of rotatable bonds is 6. The molecule has 0 radical (unpaired) electrons. The zero-order valence-electron chi connectivity index (χ0n) is 16.7. The fraction of sp³-hybridized carbons (Fsp3) is 0.120. The summed E-state index contributed by atoms with van der Waals surface area (Å²) in [7, 11) is 0. The molecule has 0 spiro atoms. The third-order valence-corrected chi connectivity index (χ3v) is 5.81. The van der Waals surface area contributed by atoms with Crippen molar-refractivity contribution in [3.63, 3.8) is 0 Å². The van der Waals surface area contributed by atoms with E-state index in [2.05, 4.69) is 66.0 Å². The van der Waals surface area contributed by atoms with Gasteiger partial charge in [-0.05, 0) is 30.0 Å². The molecule has 4 aromatic rings. The molecule has 1 atom stereocenters. The van der Waals surface area contributed by atoms with Crippen molar-refractivity contribution in [1.29, 1.82) is 0 Å². The van der Waals surface area contributed by atoms with Gasteiger partial charge in [-0.2, -0.15) is 0 Å². The van der Waals surface area contributed by atoms with Crippen molar-refractivity contribution in [3.05, 3.63) is 96.1 Å². The number of hydrogen-bond donors (Lipinski definition) is 2. The molecule has 4 nitrogen and oxygen atoms in total. The normalized spacial score (nSPS) is 11.8. The molecule has 0 bridgehead atoms. The Balaban J connectivity index is 1.66. The summed E-state index contributed by atoms with van der Waals surface area (Å²) in [6.45, 7) is 1.66. The molecule has 0 fully saturated rings. The summed E-state index contributed by atoms with van der Waals surface area (Å²) < 4.78 is 0. The summed E-state index contributed by atoms with van der Waals surface area (Å²) in [4.78, 5) is 17.8. The van der Waals surface area contributed by atoms with Crippen LogP contribution in [-0.4, -0.2) is 16.9 Å². The molecule has 0 unspecified atom stereocenters. The van der Waals surface area contributed by atoms with Gasteiger partial charge >= 0.3 is 0 Å². The predicted molar refractivity (Wildman–Crippen MR) is 125 cm³/mol. The maximum atomic E-state index is 12.1. The Bertz CT molecular complexity index is 1120. The average molecular weight is 414 g/mol. The quantitative estimate of drug-likeness (QED) is 0.447. The van der Waals surface area contributed by atoms with Crippen molar-refractivity contribution in [3.8, 4) is 21.7 Å². The second kappa shape index (κ2) is 9.03. The first-order valence-corrected chi connectivity index (χ1v) is 10.7. The Hall–Kier alpha value is -3.28. The number of amides is 1. The van der Waals surface area contributed by atoms with Gasteiger partial charge in [-0.3, -0.25) is 4.79 Å². The number of hydrogen-bond acceptors (Lipinski definition) is 4. The zero-order valence-corrected chi connectivity index (χ0v) is 17.5. The molecule has 30 heavy (non-hydrogen) atoms. The number of nitrogens with zero attached hydrogens (tertiary/aromatic N) is 1. The Morgan fingerprint density at radius 2 is 1.50 bits per heavy atom. The van der Waals surface area contributed by atoms with Crippen LogP contribution in [0.3, 0.4) is 0 Å². The standard InChI is InChI=1S/C25H23N3OS/c1-17(26)24(29)28-25-27-22(23(30-25)21-10-6-3-7-11-21)20-14-12-19(13-15-20)16-18-8-4-2-5-9-18/h2-15,17H,16,26H2,1H3,(H,27,28,29)/t17-/m0/s1. The molecule has 0 aliphatic carbocycles. The van der Waals surface area contributed by atoms with E-state index >= 15 is 0 Å². The highest BCUT2D eigenvalue weighted by Crippen LogP contribution is 2.39. The summed E-state index contributed by atoms with van der Waals surface area (Å²) in [5.41, 5.74) is 11.2. The van der Waals surface area contributed by atoms with Crippen molar-refractivity contribution in [2.75, 3.05) is 5.32 Å². The van der Waals surface area contributed by atoms with E-state index in [-0.39, 0.29) is 5.91 Å². The van der Waals surface area contributed by atoms with Gasteiger partial charge in [0, 0.05) is 5.56 Å². The number of anilines is 1. The number of carbonyl (C=O) groups excluding carboxylic acids is 1. The van der Waals surface area contributed by atoms with E-state index in [0.717, 1.165) is 28.1 Å². The SMILES string of the molecule is C[C@H](N)C(=O)Nc1nc(-c2ccc(Cc3ccccc3)cc2)c(-c2ccccc2)s1. The van der Waals surface area contributed by atoms with E-state index in [9.17, 15) is 4.79 Å². The maximum absolute atomic E-state index is 12.1. The average Bonchev–Trinajstić information content (AvgIpc) is 3.19. The summed E-state index contributed by atoms with van der Waals surface area (Å²) >= 11 is 1.46. The van der Waals surface area contributed by atoms with Gasteiger partial charge in [0.05, 0.1) is 16.6 Å². The first kappa shape index (κ1) is 20.0. The molecular formula is C25H23N3OS. The van der Waals surface area contributed by atoms with Gasteiger partial charge in [0.2, 0.25) is 5.91 Å².